The van der Waals surface area contributed by atoms with Crippen molar-refractivity contribution in [3.05, 3.63) is 71.8 Å². The van der Waals surface area contributed by atoms with Crippen LogP contribution in [0.1, 0.15) is 36.4 Å². The molecule has 134 valence electrons. The molecule has 0 bridgehead atoms. The molecule has 0 radical (unpaired) electrons. The smallest absolute Gasteiger partial charge is 0.250 e. The van der Waals surface area contributed by atoms with Gasteiger partial charge in [-0.2, -0.15) is 0 Å². The van der Waals surface area contributed by atoms with E-state index in [0.717, 1.165) is 36.9 Å². The van der Waals surface area contributed by atoms with Crippen LogP contribution in [0.5, 0.6) is 0 Å². The summed E-state index contributed by atoms with van der Waals surface area (Å²) in [6.07, 6.45) is 9.77. The molecule has 1 aliphatic rings. The third-order valence-corrected chi connectivity index (χ3v) is 4.70. The van der Waals surface area contributed by atoms with Crippen molar-refractivity contribution in [2.75, 3.05) is 6.54 Å². The minimum absolute atomic E-state index is 0.131. The van der Waals surface area contributed by atoms with E-state index in [1.807, 2.05) is 18.3 Å². The molecule has 1 fully saturated rings. The Labute approximate surface area is 157 Å². The van der Waals surface area contributed by atoms with Gasteiger partial charge in [-0.15, -0.1) is 0 Å². The van der Waals surface area contributed by atoms with Gasteiger partial charge in [-0.05, 0) is 66.9 Å². The number of piperidine rings is 1. The number of amides is 1. The van der Waals surface area contributed by atoms with E-state index in [0.29, 0.717) is 5.11 Å². The van der Waals surface area contributed by atoms with E-state index in [-0.39, 0.29) is 17.8 Å². The van der Waals surface area contributed by atoms with Crippen LogP contribution >= 0.6 is 12.2 Å². The van der Waals surface area contributed by atoms with Crippen molar-refractivity contribution in [2.45, 2.75) is 25.3 Å². The molecule has 1 saturated heterocycles. The molecule has 1 N–H and O–H groups in total. The lowest BCUT2D eigenvalue weighted by Crippen LogP contribution is -2.46. The number of aromatic nitrogens is 1. The average Bonchev–Trinajstić information content (AvgIpc) is 2.68. The summed E-state index contributed by atoms with van der Waals surface area (Å²) in [6, 6.07) is 10.0. The van der Waals surface area contributed by atoms with Gasteiger partial charge < -0.3 is 4.90 Å². The molecule has 1 atom stereocenters. The van der Waals surface area contributed by atoms with Crippen molar-refractivity contribution in [2.24, 2.45) is 0 Å². The maximum atomic E-state index is 12.9. The first kappa shape index (κ1) is 18.2. The first-order valence-corrected chi connectivity index (χ1v) is 8.99. The highest BCUT2D eigenvalue weighted by Crippen LogP contribution is 2.30. The molecule has 6 heteroatoms. The highest BCUT2D eigenvalue weighted by molar-refractivity contribution is 7.80. The number of nitrogens with one attached hydrogen (secondary N) is 1. The molecule has 1 amide bonds. The highest BCUT2D eigenvalue weighted by atomic mass is 32.1. The minimum Gasteiger partial charge on any atom is -0.342 e. The number of halogens is 1. The summed E-state index contributed by atoms with van der Waals surface area (Å²) in [5.74, 6) is -0.603. The lowest BCUT2D eigenvalue weighted by Gasteiger charge is -2.37. The van der Waals surface area contributed by atoms with Crippen LogP contribution in [0.15, 0.2) is 54.9 Å². The van der Waals surface area contributed by atoms with E-state index >= 15 is 0 Å². The Bertz CT molecular complexity index is 792. The lowest BCUT2D eigenvalue weighted by atomic mass is 9.97. The molecule has 2 aromatic rings. The highest BCUT2D eigenvalue weighted by Gasteiger charge is 2.26. The van der Waals surface area contributed by atoms with Crippen molar-refractivity contribution >= 4 is 29.3 Å². The van der Waals surface area contributed by atoms with Crippen molar-refractivity contribution in [3.63, 3.8) is 0 Å². The summed E-state index contributed by atoms with van der Waals surface area (Å²) in [5.41, 5.74) is 1.85. The molecule has 0 aliphatic carbocycles. The van der Waals surface area contributed by atoms with Crippen molar-refractivity contribution in [3.8, 4) is 0 Å². The molecule has 0 saturated carbocycles. The standard InChI is InChI=1S/C20H20FN3OS/c21-17-9-6-15(7-10-17)8-11-19(25)23-20(26)24-13-2-1-5-18(24)16-4-3-12-22-14-16/h3-4,6-12,14,18H,1-2,5,13H2,(H,23,25,26). The zero-order chi connectivity index (χ0) is 18.4. The molecule has 1 aromatic heterocycles. The topological polar surface area (TPSA) is 45.2 Å². The van der Waals surface area contributed by atoms with Gasteiger partial charge in [0.15, 0.2) is 5.11 Å². The second kappa shape index (κ2) is 8.67. The Morgan fingerprint density at radius 2 is 2.08 bits per heavy atom. The number of hydrogen-bond acceptors (Lipinski definition) is 3. The predicted molar refractivity (Wildman–Crippen MR) is 104 cm³/mol. The maximum absolute atomic E-state index is 12.9. The zero-order valence-electron chi connectivity index (χ0n) is 14.3. The number of carbonyl (C=O) groups excluding carboxylic acids is 1. The van der Waals surface area contributed by atoms with Crippen molar-refractivity contribution in [1.29, 1.82) is 0 Å². The average molecular weight is 369 g/mol. The van der Waals surface area contributed by atoms with Gasteiger partial charge in [0.05, 0.1) is 6.04 Å². The Morgan fingerprint density at radius 3 is 2.81 bits per heavy atom. The summed E-state index contributed by atoms with van der Waals surface area (Å²) < 4.78 is 12.9. The number of hydrogen-bond donors (Lipinski definition) is 1. The third-order valence-electron chi connectivity index (χ3n) is 4.36. The molecule has 0 spiro atoms. The number of nitrogens with zero attached hydrogens (tertiary/aromatic N) is 2. The first-order valence-electron chi connectivity index (χ1n) is 8.58. The number of pyridine rings is 1. The molecule has 26 heavy (non-hydrogen) atoms. The normalized spacial score (nSPS) is 17.3. The maximum Gasteiger partial charge on any atom is 0.250 e. The Morgan fingerprint density at radius 1 is 1.27 bits per heavy atom. The van der Waals surface area contributed by atoms with Crippen LogP contribution in [-0.2, 0) is 4.79 Å². The fraction of sp³-hybridized carbons (Fsp3) is 0.250. The van der Waals surface area contributed by atoms with Gasteiger partial charge in [-0.25, -0.2) is 4.39 Å². The number of likely N-dealkylation sites (tertiary alicyclic amines) is 1. The van der Waals surface area contributed by atoms with Gasteiger partial charge in [-0.3, -0.25) is 15.1 Å². The Balaban J connectivity index is 1.63. The molecule has 1 aliphatic heterocycles. The third kappa shape index (κ3) is 4.73. The molecule has 1 aromatic carbocycles. The van der Waals surface area contributed by atoms with E-state index in [1.54, 1.807) is 24.4 Å². The van der Waals surface area contributed by atoms with E-state index in [4.69, 9.17) is 12.2 Å². The summed E-state index contributed by atoms with van der Waals surface area (Å²) in [6.45, 7) is 0.806. The van der Waals surface area contributed by atoms with Crippen LogP contribution in [0.2, 0.25) is 0 Å². The van der Waals surface area contributed by atoms with Gasteiger partial charge >= 0.3 is 0 Å². The fourth-order valence-corrected chi connectivity index (χ4v) is 3.38. The molecule has 2 heterocycles. The molecular formula is C20H20FN3OS. The largest absolute Gasteiger partial charge is 0.342 e. The van der Waals surface area contributed by atoms with Crippen molar-refractivity contribution < 1.29 is 9.18 Å². The van der Waals surface area contributed by atoms with Crippen LogP contribution in [-0.4, -0.2) is 27.4 Å². The van der Waals surface area contributed by atoms with Crippen LogP contribution in [0.3, 0.4) is 0 Å². The molecule has 4 nitrogen and oxygen atoms in total. The van der Waals surface area contributed by atoms with Gasteiger partial charge in [0.1, 0.15) is 5.82 Å². The fourth-order valence-electron chi connectivity index (χ4n) is 3.06. The van der Waals surface area contributed by atoms with Gasteiger partial charge in [0.2, 0.25) is 5.91 Å². The Kier molecular flexibility index (Phi) is 6.07. The van der Waals surface area contributed by atoms with Crippen LogP contribution < -0.4 is 5.32 Å². The van der Waals surface area contributed by atoms with E-state index in [1.165, 1.54) is 18.2 Å². The number of rotatable bonds is 3. The summed E-state index contributed by atoms with van der Waals surface area (Å²) in [7, 11) is 0. The molecular weight excluding hydrogens is 349 g/mol. The lowest BCUT2D eigenvalue weighted by molar-refractivity contribution is -0.115. The van der Waals surface area contributed by atoms with Crippen LogP contribution in [0.4, 0.5) is 4.39 Å². The summed E-state index contributed by atoms with van der Waals surface area (Å²) in [5, 5.41) is 3.19. The molecule has 3 rings (SSSR count). The number of thiocarbonyl (C=S) groups is 1. The van der Waals surface area contributed by atoms with Crippen LogP contribution in [0, 0.1) is 5.82 Å². The summed E-state index contributed by atoms with van der Waals surface area (Å²) in [4.78, 5) is 18.4. The van der Waals surface area contributed by atoms with E-state index in [9.17, 15) is 9.18 Å². The van der Waals surface area contributed by atoms with Gasteiger partial charge in [-0.1, -0.05) is 18.2 Å². The van der Waals surface area contributed by atoms with E-state index < -0.39 is 0 Å². The Hall–Kier alpha value is -2.60. The first-order chi connectivity index (χ1) is 12.6. The minimum atomic E-state index is -0.306. The number of carbonyl (C=O) groups is 1. The van der Waals surface area contributed by atoms with E-state index in [2.05, 4.69) is 15.2 Å². The van der Waals surface area contributed by atoms with Gasteiger partial charge in [0, 0.05) is 25.0 Å². The van der Waals surface area contributed by atoms with Crippen molar-refractivity contribution in [1.82, 2.24) is 15.2 Å². The monoisotopic (exact) mass is 369 g/mol. The zero-order valence-corrected chi connectivity index (χ0v) is 15.1. The number of benzene rings is 1. The molecule has 1 unspecified atom stereocenters. The summed E-state index contributed by atoms with van der Waals surface area (Å²) >= 11 is 5.47. The SMILES string of the molecule is O=C(C=Cc1ccc(F)cc1)NC(=S)N1CCCCC1c1cccnc1. The van der Waals surface area contributed by atoms with Crippen LogP contribution in [0.25, 0.3) is 6.08 Å². The quantitative estimate of drug-likeness (QED) is 0.659. The second-order valence-electron chi connectivity index (χ2n) is 6.17. The second-order valence-corrected chi connectivity index (χ2v) is 6.56. The van der Waals surface area contributed by atoms with Gasteiger partial charge in [0.25, 0.3) is 0 Å². The predicted octanol–water partition coefficient (Wildman–Crippen LogP) is 3.86.